The van der Waals surface area contributed by atoms with Crippen molar-refractivity contribution in [1.29, 1.82) is 0 Å². The predicted molar refractivity (Wildman–Crippen MR) is 78.6 cm³/mol. The van der Waals surface area contributed by atoms with Crippen molar-refractivity contribution in [3.05, 3.63) is 42.5 Å². The van der Waals surface area contributed by atoms with Crippen molar-refractivity contribution in [2.75, 3.05) is 13.7 Å². The van der Waals surface area contributed by atoms with Crippen molar-refractivity contribution in [2.45, 2.75) is 6.42 Å². The van der Waals surface area contributed by atoms with Crippen molar-refractivity contribution in [3.8, 4) is 5.75 Å². The molecule has 0 saturated heterocycles. The summed E-state index contributed by atoms with van der Waals surface area (Å²) in [7, 11) is 1.62. The number of nitrogens with zero attached hydrogens (tertiary/aromatic N) is 2. The summed E-state index contributed by atoms with van der Waals surface area (Å²) < 4.78 is 5.09. The summed E-state index contributed by atoms with van der Waals surface area (Å²) in [5.74, 6) is 0.646. The fourth-order valence-corrected chi connectivity index (χ4v) is 2.08. The molecule has 0 bridgehead atoms. The summed E-state index contributed by atoms with van der Waals surface area (Å²) in [6, 6.07) is 7.53. The number of aliphatic imine (C=N–C) groups is 1. The molecule has 98 valence electrons. The summed E-state index contributed by atoms with van der Waals surface area (Å²) in [5.41, 5.74) is 1.47. The minimum atomic E-state index is -0.138. The molecule has 0 fully saturated rings. The largest absolute Gasteiger partial charge is 0.497 e. The van der Waals surface area contributed by atoms with Crippen LogP contribution < -0.4 is 4.74 Å². The Hall–Kier alpha value is -2.01. The monoisotopic (exact) mass is 274 g/mol. The highest BCUT2D eigenvalue weighted by atomic mass is 32.1. The zero-order valence-electron chi connectivity index (χ0n) is 10.6. The first-order chi connectivity index (χ1) is 9.15. The average Bonchev–Trinajstić information content (AvgIpc) is 2.68. The van der Waals surface area contributed by atoms with E-state index in [1.165, 1.54) is 4.90 Å². The maximum Gasteiger partial charge on any atom is 0.275 e. The lowest BCUT2D eigenvalue weighted by atomic mass is 10.1. The number of benzene rings is 1. The van der Waals surface area contributed by atoms with Crippen molar-refractivity contribution >= 4 is 28.9 Å². The molecule has 1 aromatic rings. The van der Waals surface area contributed by atoms with Gasteiger partial charge in [0.25, 0.3) is 5.91 Å². The molecule has 1 aliphatic rings. The van der Waals surface area contributed by atoms with Crippen LogP contribution in [0.2, 0.25) is 0 Å². The van der Waals surface area contributed by atoms with Crippen LogP contribution in [0.5, 0.6) is 5.75 Å². The lowest BCUT2D eigenvalue weighted by Crippen LogP contribution is -2.33. The van der Waals surface area contributed by atoms with Crippen molar-refractivity contribution < 1.29 is 9.53 Å². The minimum absolute atomic E-state index is 0.138. The molecular weight excluding hydrogens is 260 g/mol. The van der Waals surface area contributed by atoms with E-state index in [9.17, 15) is 4.79 Å². The Morgan fingerprint density at radius 2 is 2.11 bits per heavy atom. The maximum atomic E-state index is 12.1. The van der Waals surface area contributed by atoms with Gasteiger partial charge in [0.15, 0.2) is 0 Å². The fourth-order valence-electron chi connectivity index (χ4n) is 1.81. The number of hydrogen-bond donors (Lipinski definition) is 0. The van der Waals surface area contributed by atoms with Gasteiger partial charge in [0, 0.05) is 13.0 Å². The highest BCUT2D eigenvalue weighted by molar-refractivity contribution is 7.80. The molecule has 19 heavy (non-hydrogen) atoms. The Balaban J connectivity index is 2.11. The molecule has 2 rings (SSSR count). The second kappa shape index (κ2) is 5.75. The van der Waals surface area contributed by atoms with E-state index in [0.717, 1.165) is 11.3 Å². The second-order valence-electron chi connectivity index (χ2n) is 4.07. The number of amides is 1. The van der Waals surface area contributed by atoms with Crippen LogP contribution in [0.1, 0.15) is 5.56 Å². The normalized spacial score (nSPS) is 14.6. The third-order valence-corrected chi connectivity index (χ3v) is 3.11. The second-order valence-corrected chi connectivity index (χ2v) is 4.44. The predicted octanol–water partition coefficient (Wildman–Crippen LogP) is 1.99. The topological polar surface area (TPSA) is 41.9 Å². The molecule has 0 aliphatic carbocycles. The number of methoxy groups -OCH3 is 1. The molecule has 0 spiro atoms. The van der Waals surface area contributed by atoms with E-state index < -0.39 is 0 Å². The quantitative estimate of drug-likeness (QED) is 0.609. The number of thiocarbonyl (C=S) groups is 1. The molecule has 0 saturated carbocycles. The summed E-state index contributed by atoms with van der Waals surface area (Å²) in [5, 5.41) is 0.313. The molecule has 0 aromatic heterocycles. The highest BCUT2D eigenvalue weighted by Crippen LogP contribution is 2.15. The van der Waals surface area contributed by atoms with Crippen LogP contribution in [-0.2, 0) is 11.2 Å². The van der Waals surface area contributed by atoms with Gasteiger partial charge in [-0.25, -0.2) is 4.99 Å². The molecule has 0 radical (unpaired) electrons. The Kier molecular flexibility index (Phi) is 4.06. The van der Waals surface area contributed by atoms with Crippen molar-refractivity contribution in [1.82, 2.24) is 4.90 Å². The van der Waals surface area contributed by atoms with Gasteiger partial charge in [-0.2, -0.15) is 0 Å². The smallest absolute Gasteiger partial charge is 0.275 e. The van der Waals surface area contributed by atoms with Crippen LogP contribution in [-0.4, -0.2) is 35.3 Å². The zero-order chi connectivity index (χ0) is 13.8. The van der Waals surface area contributed by atoms with Crippen LogP contribution in [0, 0.1) is 0 Å². The minimum Gasteiger partial charge on any atom is -0.497 e. The van der Waals surface area contributed by atoms with Gasteiger partial charge in [0.1, 0.15) is 11.5 Å². The molecule has 1 heterocycles. The SMILES string of the molecule is C=CCN1C(=O)C(Cc2ccc(OC)cc2)=NC1=S. The van der Waals surface area contributed by atoms with Gasteiger partial charge in [-0.3, -0.25) is 9.69 Å². The summed E-state index contributed by atoms with van der Waals surface area (Å²) in [4.78, 5) is 17.7. The van der Waals surface area contributed by atoms with Gasteiger partial charge in [-0.1, -0.05) is 18.2 Å². The molecule has 0 unspecified atom stereocenters. The summed E-state index contributed by atoms with van der Waals surface area (Å²) in [6.07, 6.45) is 2.10. The third-order valence-electron chi connectivity index (χ3n) is 2.80. The van der Waals surface area contributed by atoms with E-state index >= 15 is 0 Å². The molecule has 1 amide bonds. The van der Waals surface area contributed by atoms with Gasteiger partial charge in [0.05, 0.1) is 7.11 Å². The van der Waals surface area contributed by atoms with Crippen LogP contribution >= 0.6 is 12.2 Å². The highest BCUT2D eigenvalue weighted by Gasteiger charge is 2.29. The molecule has 0 N–H and O–H groups in total. The molecular formula is C14H14N2O2S. The Labute approximate surface area is 117 Å². The van der Waals surface area contributed by atoms with Crippen molar-refractivity contribution in [3.63, 3.8) is 0 Å². The molecule has 4 nitrogen and oxygen atoms in total. The fraction of sp³-hybridized carbons (Fsp3) is 0.214. The van der Waals surface area contributed by atoms with Gasteiger partial charge in [-0.05, 0) is 29.9 Å². The number of hydrogen-bond acceptors (Lipinski definition) is 3. The summed E-state index contributed by atoms with van der Waals surface area (Å²) in [6.45, 7) is 4.00. The van der Waals surface area contributed by atoms with Crippen LogP contribution in [0.25, 0.3) is 0 Å². The van der Waals surface area contributed by atoms with E-state index in [4.69, 9.17) is 17.0 Å². The van der Waals surface area contributed by atoms with Gasteiger partial charge in [-0.15, -0.1) is 6.58 Å². The van der Waals surface area contributed by atoms with Crippen LogP contribution in [0.4, 0.5) is 0 Å². The van der Waals surface area contributed by atoms with Gasteiger partial charge < -0.3 is 4.74 Å². The lowest BCUT2D eigenvalue weighted by Gasteiger charge is -2.11. The summed E-state index contributed by atoms with van der Waals surface area (Å²) >= 11 is 5.07. The van der Waals surface area contributed by atoms with E-state index in [1.54, 1.807) is 13.2 Å². The van der Waals surface area contributed by atoms with E-state index in [-0.39, 0.29) is 5.91 Å². The van der Waals surface area contributed by atoms with Gasteiger partial charge in [0.2, 0.25) is 5.11 Å². The standard InChI is InChI=1S/C14H14N2O2S/c1-3-8-16-13(17)12(15-14(16)19)9-10-4-6-11(18-2)7-5-10/h3-7H,1,8-9H2,2H3. The van der Waals surface area contributed by atoms with E-state index in [0.29, 0.717) is 23.8 Å². The average molecular weight is 274 g/mol. The first-order valence-corrected chi connectivity index (χ1v) is 6.23. The molecule has 5 heteroatoms. The Morgan fingerprint density at radius 3 is 2.68 bits per heavy atom. The van der Waals surface area contributed by atoms with Gasteiger partial charge >= 0.3 is 0 Å². The molecule has 1 aliphatic heterocycles. The maximum absolute atomic E-state index is 12.1. The van der Waals surface area contributed by atoms with Crippen LogP contribution in [0.3, 0.4) is 0 Å². The number of ether oxygens (including phenoxy) is 1. The number of carbonyl (C=O) groups excluding carboxylic acids is 1. The zero-order valence-corrected chi connectivity index (χ0v) is 11.4. The van der Waals surface area contributed by atoms with E-state index in [1.807, 2.05) is 24.3 Å². The van der Waals surface area contributed by atoms with Crippen LogP contribution in [0.15, 0.2) is 41.9 Å². The first kappa shape index (κ1) is 13.4. The molecule has 0 atom stereocenters. The first-order valence-electron chi connectivity index (χ1n) is 5.83. The number of rotatable bonds is 5. The third kappa shape index (κ3) is 2.88. The van der Waals surface area contributed by atoms with Crippen molar-refractivity contribution in [2.24, 2.45) is 4.99 Å². The Morgan fingerprint density at radius 1 is 1.42 bits per heavy atom. The number of carbonyl (C=O) groups is 1. The van der Waals surface area contributed by atoms with E-state index in [2.05, 4.69) is 11.6 Å². The lowest BCUT2D eigenvalue weighted by molar-refractivity contribution is -0.119. The Bertz CT molecular complexity index is 549. The molecule has 1 aromatic carbocycles.